The minimum absolute atomic E-state index is 0. The molecule has 0 bridgehead atoms. The zero-order chi connectivity index (χ0) is 12.4. The molecule has 2 rings (SSSR count). The molecule has 1 atom stereocenters. The average Bonchev–Trinajstić information content (AvgIpc) is 3.07. The van der Waals surface area contributed by atoms with Crippen molar-refractivity contribution < 1.29 is 5.11 Å². The van der Waals surface area contributed by atoms with Gasteiger partial charge in [-0.1, -0.05) is 11.6 Å². The van der Waals surface area contributed by atoms with Gasteiger partial charge >= 0.3 is 0 Å². The van der Waals surface area contributed by atoms with Gasteiger partial charge in [-0.25, -0.2) is 0 Å². The quantitative estimate of drug-likeness (QED) is 0.463. The third-order valence-corrected chi connectivity index (χ3v) is 4.14. The summed E-state index contributed by atoms with van der Waals surface area (Å²) in [5.74, 6) is 0.495. The molecule has 0 saturated heterocycles. The van der Waals surface area contributed by atoms with Crippen LogP contribution in [0.2, 0.25) is 4.34 Å². The van der Waals surface area contributed by atoms with Gasteiger partial charge in [0.1, 0.15) is 6.10 Å². The average molecular weight is 402 g/mol. The first-order valence-electron chi connectivity index (χ1n) is 5.54. The highest BCUT2D eigenvalue weighted by molar-refractivity contribution is 14.0. The van der Waals surface area contributed by atoms with Gasteiger partial charge < -0.3 is 15.7 Å². The van der Waals surface area contributed by atoms with E-state index in [1.54, 1.807) is 6.07 Å². The zero-order valence-electron chi connectivity index (χ0n) is 10.0. The lowest BCUT2D eigenvalue weighted by molar-refractivity contribution is 0.190. The van der Waals surface area contributed by atoms with Gasteiger partial charge in [0, 0.05) is 18.0 Å². The molecule has 0 spiro atoms. The number of nitrogens with two attached hydrogens (primary N) is 1. The third kappa shape index (κ3) is 4.25. The number of thiophene rings is 1. The summed E-state index contributed by atoms with van der Waals surface area (Å²) >= 11 is 7.17. The maximum Gasteiger partial charge on any atom is 0.191 e. The van der Waals surface area contributed by atoms with Crippen molar-refractivity contribution >= 4 is 52.9 Å². The molecule has 1 heterocycles. The van der Waals surface area contributed by atoms with E-state index in [9.17, 15) is 5.11 Å². The highest BCUT2D eigenvalue weighted by Gasteiger charge is 2.27. The predicted octanol–water partition coefficient (Wildman–Crippen LogP) is 2.46. The summed E-state index contributed by atoms with van der Waals surface area (Å²) in [5.41, 5.74) is 5.83. The Balaban J connectivity index is 0.00000162. The fraction of sp³-hybridized carbons (Fsp3) is 0.545. The molecule has 1 aromatic rings. The maximum absolute atomic E-state index is 9.89. The minimum atomic E-state index is -0.626. The van der Waals surface area contributed by atoms with Gasteiger partial charge in [-0.05, 0) is 25.0 Å². The van der Waals surface area contributed by atoms with Gasteiger partial charge in [0.2, 0.25) is 0 Å². The summed E-state index contributed by atoms with van der Waals surface area (Å²) in [6, 6.07) is 4.12. The van der Waals surface area contributed by atoms with Gasteiger partial charge in [-0.2, -0.15) is 0 Å². The Morgan fingerprint density at radius 1 is 1.67 bits per heavy atom. The van der Waals surface area contributed by atoms with Crippen LogP contribution in [0.5, 0.6) is 0 Å². The Kier molecular flexibility index (Phi) is 6.16. The van der Waals surface area contributed by atoms with E-state index < -0.39 is 6.10 Å². The summed E-state index contributed by atoms with van der Waals surface area (Å²) in [4.78, 5) is 6.99. The SMILES string of the molecule is CN(C(N)=NCC(O)c1ccc(Cl)s1)C1CC1.I. The van der Waals surface area contributed by atoms with Crippen LogP contribution in [0.15, 0.2) is 17.1 Å². The fourth-order valence-corrected chi connectivity index (χ4v) is 2.58. The van der Waals surface area contributed by atoms with E-state index in [4.69, 9.17) is 17.3 Å². The molecule has 0 amide bonds. The van der Waals surface area contributed by atoms with Crippen molar-refractivity contribution in [2.24, 2.45) is 10.7 Å². The van der Waals surface area contributed by atoms with Crippen molar-refractivity contribution in [2.45, 2.75) is 25.0 Å². The van der Waals surface area contributed by atoms with Gasteiger partial charge in [-0.3, -0.25) is 4.99 Å². The maximum atomic E-state index is 9.89. The topological polar surface area (TPSA) is 61.8 Å². The number of hydrogen-bond acceptors (Lipinski definition) is 3. The highest BCUT2D eigenvalue weighted by Crippen LogP contribution is 2.27. The van der Waals surface area contributed by atoms with Crippen LogP contribution in [-0.2, 0) is 0 Å². The Morgan fingerprint density at radius 2 is 2.33 bits per heavy atom. The van der Waals surface area contributed by atoms with Crippen molar-refractivity contribution in [3.05, 3.63) is 21.3 Å². The van der Waals surface area contributed by atoms with E-state index >= 15 is 0 Å². The van der Waals surface area contributed by atoms with E-state index in [1.807, 2.05) is 18.0 Å². The van der Waals surface area contributed by atoms with Gasteiger partial charge in [-0.15, -0.1) is 35.3 Å². The number of nitrogens with zero attached hydrogens (tertiary/aromatic N) is 2. The number of aliphatic imine (C=N–C) groups is 1. The van der Waals surface area contributed by atoms with Crippen molar-refractivity contribution in [1.29, 1.82) is 0 Å². The molecule has 1 unspecified atom stereocenters. The lowest BCUT2D eigenvalue weighted by Crippen LogP contribution is -2.36. The number of hydrogen-bond donors (Lipinski definition) is 2. The van der Waals surface area contributed by atoms with E-state index in [0.29, 0.717) is 16.3 Å². The molecular weight excluding hydrogens is 385 g/mol. The predicted molar refractivity (Wildman–Crippen MR) is 87.0 cm³/mol. The molecule has 18 heavy (non-hydrogen) atoms. The van der Waals surface area contributed by atoms with Crippen LogP contribution in [0, 0.1) is 0 Å². The first-order valence-corrected chi connectivity index (χ1v) is 6.73. The van der Waals surface area contributed by atoms with Crippen LogP contribution in [0.1, 0.15) is 23.8 Å². The Hall–Kier alpha value is -0.0500. The van der Waals surface area contributed by atoms with Crippen LogP contribution in [0.25, 0.3) is 0 Å². The molecule has 1 saturated carbocycles. The van der Waals surface area contributed by atoms with Crippen LogP contribution in [-0.4, -0.2) is 35.6 Å². The molecule has 1 aliphatic rings. The molecule has 0 radical (unpaired) electrons. The second-order valence-electron chi connectivity index (χ2n) is 4.20. The molecule has 7 heteroatoms. The lowest BCUT2D eigenvalue weighted by Gasteiger charge is -2.17. The minimum Gasteiger partial charge on any atom is -0.386 e. The van der Waals surface area contributed by atoms with Crippen LogP contribution in [0.3, 0.4) is 0 Å². The number of aliphatic hydroxyl groups is 1. The first-order chi connectivity index (χ1) is 8.08. The monoisotopic (exact) mass is 401 g/mol. The smallest absolute Gasteiger partial charge is 0.191 e. The third-order valence-electron chi connectivity index (χ3n) is 2.80. The van der Waals surface area contributed by atoms with Crippen molar-refractivity contribution in [1.82, 2.24) is 4.90 Å². The number of guanidine groups is 1. The van der Waals surface area contributed by atoms with Crippen LogP contribution in [0.4, 0.5) is 0 Å². The van der Waals surface area contributed by atoms with E-state index in [1.165, 1.54) is 24.2 Å². The molecule has 1 fully saturated rings. The second kappa shape index (κ2) is 6.93. The van der Waals surface area contributed by atoms with E-state index in [2.05, 4.69) is 4.99 Å². The summed E-state index contributed by atoms with van der Waals surface area (Å²) in [7, 11) is 1.94. The zero-order valence-corrected chi connectivity index (χ0v) is 13.9. The van der Waals surface area contributed by atoms with Crippen LogP contribution < -0.4 is 5.73 Å². The molecular formula is C11H17ClIN3OS. The summed E-state index contributed by atoms with van der Waals surface area (Å²) in [6.45, 7) is 0.278. The summed E-state index contributed by atoms with van der Waals surface area (Å²) < 4.78 is 0.672. The van der Waals surface area contributed by atoms with Crippen molar-refractivity contribution in [3.8, 4) is 0 Å². The molecule has 3 N–H and O–H groups in total. The number of rotatable bonds is 4. The number of halogens is 2. The second-order valence-corrected chi connectivity index (χ2v) is 5.95. The Morgan fingerprint density at radius 3 is 2.83 bits per heavy atom. The number of aliphatic hydroxyl groups excluding tert-OH is 1. The lowest BCUT2D eigenvalue weighted by atomic mass is 10.3. The van der Waals surface area contributed by atoms with Crippen molar-refractivity contribution in [2.75, 3.05) is 13.6 Å². The van der Waals surface area contributed by atoms with E-state index in [0.717, 1.165) is 4.88 Å². The summed E-state index contributed by atoms with van der Waals surface area (Å²) in [5, 5.41) is 9.89. The normalized spacial score (nSPS) is 17.2. The Bertz CT molecular complexity index is 422. The first kappa shape index (κ1) is 16.0. The van der Waals surface area contributed by atoms with Gasteiger partial charge in [0.25, 0.3) is 0 Å². The van der Waals surface area contributed by atoms with Gasteiger partial charge in [0.05, 0.1) is 10.9 Å². The largest absolute Gasteiger partial charge is 0.386 e. The van der Waals surface area contributed by atoms with Gasteiger partial charge in [0.15, 0.2) is 5.96 Å². The molecule has 1 aliphatic carbocycles. The molecule has 0 aromatic carbocycles. The summed E-state index contributed by atoms with van der Waals surface area (Å²) in [6.07, 6.45) is 1.73. The highest BCUT2D eigenvalue weighted by atomic mass is 127. The Labute approximate surface area is 133 Å². The fourth-order valence-electron chi connectivity index (χ4n) is 1.54. The molecule has 102 valence electrons. The molecule has 1 aromatic heterocycles. The van der Waals surface area contributed by atoms with Crippen LogP contribution >= 0.6 is 46.9 Å². The molecule has 0 aliphatic heterocycles. The standard InChI is InChI=1S/C11H16ClN3OS.HI/c1-15(7-2-3-7)11(13)14-6-8(16)9-4-5-10(12)17-9;/h4-5,7-8,16H,2-3,6H2,1H3,(H2,13,14);1H. The molecule has 4 nitrogen and oxygen atoms in total. The van der Waals surface area contributed by atoms with E-state index in [-0.39, 0.29) is 30.5 Å². The van der Waals surface area contributed by atoms with Crippen molar-refractivity contribution in [3.63, 3.8) is 0 Å².